The molecule has 0 radical (unpaired) electrons. The number of anilines is 1. The second-order valence-electron chi connectivity index (χ2n) is 7.29. The lowest BCUT2D eigenvalue weighted by molar-refractivity contribution is 0.181. The van der Waals surface area contributed by atoms with E-state index < -0.39 is 5.82 Å². The maximum absolute atomic E-state index is 13.3. The molecular weight excluding hydrogens is 355 g/mol. The molecule has 1 saturated carbocycles. The molecule has 5 nitrogen and oxygen atoms in total. The number of nitrogens with one attached hydrogen (secondary N) is 2. The van der Waals surface area contributed by atoms with Crippen molar-refractivity contribution in [2.75, 3.05) is 5.32 Å². The normalized spacial score (nSPS) is 20.3. The minimum atomic E-state index is -0.500. The van der Waals surface area contributed by atoms with Crippen molar-refractivity contribution in [2.24, 2.45) is 0 Å². The van der Waals surface area contributed by atoms with Crippen LogP contribution in [0.25, 0.3) is 0 Å². The lowest BCUT2D eigenvalue weighted by Gasteiger charge is -2.33. The minimum Gasteiger partial charge on any atom is -0.317 e. The van der Waals surface area contributed by atoms with Gasteiger partial charge in [-0.05, 0) is 38.0 Å². The zero-order chi connectivity index (χ0) is 18.3. The maximum atomic E-state index is 13.3. The third kappa shape index (κ3) is 3.18. The number of hydrogen-bond acceptors (Lipinski definition) is 2. The van der Waals surface area contributed by atoms with Crippen LogP contribution in [0.3, 0.4) is 0 Å². The number of fused-ring (bicyclic) bond motifs is 1. The van der Waals surface area contributed by atoms with Crippen LogP contribution in [-0.2, 0) is 13.0 Å². The fourth-order valence-corrected chi connectivity index (χ4v) is 4.25. The van der Waals surface area contributed by atoms with E-state index in [9.17, 15) is 9.18 Å². The molecule has 0 bridgehead atoms. The highest BCUT2D eigenvalue weighted by Crippen LogP contribution is 2.37. The van der Waals surface area contributed by atoms with Crippen LogP contribution in [-0.4, -0.2) is 27.2 Å². The van der Waals surface area contributed by atoms with Crippen LogP contribution in [0.1, 0.15) is 55.5 Å². The van der Waals surface area contributed by atoms with E-state index in [0.29, 0.717) is 18.2 Å². The third-order valence-electron chi connectivity index (χ3n) is 5.52. The molecule has 2 aromatic rings. The van der Waals surface area contributed by atoms with Crippen LogP contribution in [0.4, 0.5) is 14.9 Å². The average Bonchev–Trinajstić information content (AvgIpc) is 3.26. The Bertz CT molecular complexity index is 831. The van der Waals surface area contributed by atoms with Gasteiger partial charge in [-0.3, -0.25) is 5.10 Å². The number of benzene rings is 1. The number of aromatic nitrogens is 2. The number of carbonyl (C=O) groups is 1. The molecule has 2 amide bonds. The van der Waals surface area contributed by atoms with E-state index in [-0.39, 0.29) is 17.1 Å². The van der Waals surface area contributed by atoms with Crippen LogP contribution in [0.2, 0.25) is 5.02 Å². The van der Waals surface area contributed by atoms with Crippen LogP contribution in [0, 0.1) is 5.82 Å². The lowest BCUT2D eigenvalue weighted by atomic mass is 9.94. The third-order valence-corrected chi connectivity index (χ3v) is 5.81. The second-order valence-corrected chi connectivity index (χ2v) is 7.69. The fourth-order valence-electron chi connectivity index (χ4n) is 4.07. The summed E-state index contributed by atoms with van der Waals surface area (Å²) < 4.78 is 13.3. The Balaban J connectivity index is 1.53. The topological polar surface area (TPSA) is 61.0 Å². The lowest BCUT2D eigenvalue weighted by Crippen LogP contribution is -2.45. The number of H-pyrrole nitrogens is 1. The van der Waals surface area contributed by atoms with E-state index >= 15 is 0 Å². The summed E-state index contributed by atoms with van der Waals surface area (Å²) in [7, 11) is 0. The first-order valence-electron chi connectivity index (χ1n) is 9.11. The molecule has 2 aliphatic rings. The summed E-state index contributed by atoms with van der Waals surface area (Å²) in [5.74, 6) is 0.00414. The zero-order valence-electron chi connectivity index (χ0n) is 14.7. The highest BCUT2D eigenvalue weighted by molar-refractivity contribution is 6.31. The Hall–Kier alpha value is -2.08. The zero-order valence-corrected chi connectivity index (χ0v) is 15.4. The van der Waals surface area contributed by atoms with Crippen molar-refractivity contribution >= 4 is 23.3 Å². The fraction of sp³-hybridized carbons (Fsp3) is 0.474. The van der Waals surface area contributed by atoms with Gasteiger partial charge in [0, 0.05) is 35.3 Å². The van der Waals surface area contributed by atoms with E-state index in [1.807, 2.05) is 11.8 Å². The number of halogens is 2. The number of carbonyl (C=O) groups excluding carboxylic acids is 1. The average molecular weight is 377 g/mol. The molecule has 1 atom stereocenters. The first-order valence-corrected chi connectivity index (χ1v) is 9.49. The first-order chi connectivity index (χ1) is 12.5. The van der Waals surface area contributed by atoms with Gasteiger partial charge in [-0.15, -0.1) is 0 Å². The van der Waals surface area contributed by atoms with Crippen molar-refractivity contribution in [3.05, 3.63) is 46.0 Å². The van der Waals surface area contributed by atoms with Gasteiger partial charge in [0.05, 0.1) is 17.3 Å². The summed E-state index contributed by atoms with van der Waals surface area (Å²) in [4.78, 5) is 14.6. The van der Waals surface area contributed by atoms with E-state index in [1.165, 1.54) is 49.4 Å². The van der Waals surface area contributed by atoms with Gasteiger partial charge < -0.3 is 10.2 Å². The molecule has 0 saturated heterocycles. The van der Waals surface area contributed by atoms with Gasteiger partial charge in [-0.2, -0.15) is 5.10 Å². The summed E-state index contributed by atoms with van der Waals surface area (Å²) in [6, 6.07) is 4.04. The number of rotatable bonds is 2. The quantitative estimate of drug-likeness (QED) is 0.787. The van der Waals surface area contributed by atoms with Gasteiger partial charge in [-0.1, -0.05) is 24.4 Å². The van der Waals surface area contributed by atoms with Gasteiger partial charge >= 0.3 is 6.03 Å². The van der Waals surface area contributed by atoms with E-state index in [2.05, 4.69) is 15.5 Å². The molecule has 1 fully saturated rings. The molecule has 1 aromatic carbocycles. The summed E-state index contributed by atoms with van der Waals surface area (Å²) in [6.45, 7) is 2.57. The Labute approximate surface area is 156 Å². The summed E-state index contributed by atoms with van der Waals surface area (Å²) in [5, 5.41) is 10.6. The highest BCUT2D eigenvalue weighted by atomic mass is 35.5. The minimum absolute atomic E-state index is 0.00451. The highest BCUT2D eigenvalue weighted by Gasteiger charge is 2.33. The largest absolute Gasteiger partial charge is 0.322 e. The Morgan fingerprint density at radius 2 is 2.15 bits per heavy atom. The molecule has 1 aliphatic heterocycles. The van der Waals surface area contributed by atoms with Gasteiger partial charge in [0.15, 0.2) is 0 Å². The Morgan fingerprint density at radius 1 is 1.38 bits per heavy atom. The molecule has 2 heterocycles. The van der Waals surface area contributed by atoms with Crippen molar-refractivity contribution in [3.63, 3.8) is 0 Å². The van der Waals surface area contributed by atoms with Crippen LogP contribution in [0.15, 0.2) is 18.2 Å². The van der Waals surface area contributed by atoms with Gasteiger partial charge in [0.2, 0.25) is 0 Å². The van der Waals surface area contributed by atoms with Gasteiger partial charge in [0.25, 0.3) is 0 Å². The maximum Gasteiger partial charge on any atom is 0.322 e. The standard InChI is InChI=1S/C19H22ClFN4O/c1-11-8-17-14(18(24-23-17)12-4-2-3-5-12)10-25(11)19(26)22-13-6-7-16(21)15(20)9-13/h6-7,9,11-12H,2-5,8,10H2,1H3,(H,22,26)(H,23,24). The molecule has 4 rings (SSSR count). The molecule has 2 N–H and O–H groups in total. The van der Waals surface area contributed by atoms with Gasteiger partial charge in [0.1, 0.15) is 5.82 Å². The monoisotopic (exact) mass is 376 g/mol. The SMILES string of the molecule is CC1Cc2[nH]nc(C3CCCC3)c2CN1C(=O)Nc1ccc(F)c(Cl)c1. The van der Waals surface area contributed by atoms with Crippen LogP contribution in [0.5, 0.6) is 0 Å². The smallest absolute Gasteiger partial charge is 0.317 e. The molecule has 7 heteroatoms. The Kier molecular flexibility index (Phi) is 4.61. The number of hydrogen-bond donors (Lipinski definition) is 2. The van der Waals surface area contributed by atoms with E-state index in [4.69, 9.17) is 11.6 Å². The number of urea groups is 1. The van der Waals surface area contributed by atoms with Gasteiger partial charge in [-0.25, -0.2) is 9.18 Å². The van der Waals surface area contributed by atoms with Crippen molar-refractivity contribution in [1.29, 1.82) is 0 Å². The summed E-state index contributed by atoms with van der Waals surface area (Å²) in [5.41, 5.74) is 3.94. The molecule has 1 aliphatic carbocycles. The van der Waals surface area contributed by atoms with Crippen molar-refractivity contribution in [2.45, 2.75) is 57.5 Å². The molecular formula is C19H22ClFN4O. The van der Waals surface area contributed by atoms with E-state index in [1.54, 1.807) is 0 Å². The number of nitrogens with zero attached hydrogens (tertiary/aromatic N) is 2. The van der Waals surface area contributed by atoms with E-state index in [0.717, 1.165) is 17.8 Å². The van der Waals surface area contributed by atoms with Crippen LogP contribution < -0.4 is 5.32 Å². The predicted octanol–water partition coefficient (Wildman–Crippen LogP) is 4.84. The first kappa shape index (κ1) is 17.3. The number of aromatic amines is 1. The van der Waals surface area contributed by atoms with Crippen LogP contribution >= 0.6 is 11.6 Å². The van der Waals surface area contributed by atoms with Crippen molar-refractivity contribution < 1.29 is 9.18 Å². The molecule has 138 valence electrons. The second kappa shape index (κ2) is 6.91. The molecule has 26 heavy (non-hydrogen) atoms. The summed E-state index contributed by atoms with van der Waals surface area (Å²) in [6.07, 6.45) is 5.60. The number of amides is 2. The Morgan fingerprint density at radius 3 is 2.88 bits per heavy atom. The molecule has 1 aromatic heterocycles. The molecule has 0 spiro atoms. The molecule has 1 unspecified atom stereocenters. The summed E-state index contributed by atoms with van der Waals surface area (Å²) >= 11 is 5.81. The van der Waals surface area contributed by atoms with Crippen molar-refractivity contribution in [1.82, 2.24) is 15.1 Å². The predicted molar refractivity (Wildman–Crippen MR) is 98.9 cm³/mol. The van der Waals surface area contributed by atoms with Crippen molar-refractivity contribution in [3.8, 4) is 0 Å².